The minimum atomic E-state index is -0.0165. The Labute approximate surface area is 128 Å². The average Bonchev–Trinajstić information content (AvgIpc) is 3.04. The monoisotopic (exact) mass is 303 g/mol. The van der Waals surface area contributed by atoms with Gasteiger partial charge in [-0.05, 0) is 51.6 Å². The van der Waals surface area contributed by atoms with E-state index in [1.807, 2.05) is 13.8 Å². The second-order valence-corrected chi connectivity index (χ2v) is 6.86. The van der Waals surface area contributed by atoms with Crippen molar-refractivity contribution in [2.24, 2.45) is 0 Å². The van der Waals surface area contributed by atoms with Crippen LogP contribution >= 0.6 is 11.3 Å². The Kier molecular flexibility index (Phi) is 4.22. The first kappa shape index (κ1) is 14.5. The van der Waals surface area contributed by atoms with Gasteiger partial charge in [0.25, 0.3) is 5.56 Å². The number of rotatable bonds is 5. The Morgan fingerprint density at radius 2 is 2.29 bits per heavy atom. The van der Waals surface area contributed by atoms with E-state index in [9.17, 15) is 4.79 Å². The van der Waals surface area contributed by atoms with Crippen LogP contribution in [0, 0.1) is 13.8 Å². The minimum absolute atomic E-state index is 0.0165. The molecular formula is C16H21N3OS. The molecule has 0 saturated carbocycles. The van der Waals surface area contributed by atoms with E-state index in [0.29, 0.717) is 6.54 Å². The highest BCUT2D eigenvalue weighted by Gasteiger charge is 2.11. The third-order valence-corrected chi connectivity index (χ3v) is 5.24. The highest BCUT2D eigenvalue weighted by atomic mass is 32.1. The van der Waals surface area contributed by atoms with Gasteiger partial charge in [-0.2, -0.15) is 0 Å². The summed E-state index contributed by atoms with van der Waals surface area (Å²) in [5.41, 5.74) is 2.59. The summed E-state index contributed by atoms with van der Waals surface area (Å²) in [4.78, 5) is 21.6. The highest BCUT2D eigenvalue weighted by molar-refractivity contribution is 7.18. The molecule has 0 atom stereocenters. The predicted octanol–water partition coefficient (Wildman–Crippen LogP) is 3.19. The summed E-state index contributed by atoms with van der Waals surface area (Å²) >= 11 is 1.60. The maximum atomic E-state index is 12.1. The molecule has 2 N–H and O–H groups in total. The molecule has 1 aliphatic carbocycles. The molecular weight excluding hydrogens is 282 g/mol. The number of aryl methyl sites for hydroxylation is 2. The van der Waals surface area contributed by atoms with Crippen LogP contribution in [-0.2, 0) is 6.54 Å². The van der Waals surface area contributed by atoms with Gasteiger partial charge < -0.3 is 10.3 Å². The number of aromatic nitrogens is 2. The molecule has 1 aliphatic rings. The standard InChI is InChI=1S/C16H21N3OS/c1-10-11(2)21-16-14(10)15(20)18-13(19-16)9-17-8-7-12-5-3-4-6-12/h5,17H,3-4,6-9H2,1-2H3,(H,18,19,20). The Bertz CT molecular complexity index is 742. The second-order valence-electron chi connectivity index (χ2n) is 5.66. The molecule has 21 heavy (non-hydrogen) atoms. The third-order valence-electron chi connectivity index (χ3n) is 4.14. The quantitative estimate of drug-likeness (QED) is 0.659. The lowest BCUT2D eigenvalue weighted by Gasteiger charge is -2.05. The molecule has 4 nitrogen and oxygen atoms in total. The number of thiophene rings is 1. The van der Waals surface area contributed by atoms with Crippen molar-refractivity contribution in [1.29, 1.82) is 0 Å². The fourth-order valence-corrected chi connectivity index (χ4v) is 3.85. The van der Waals surface area contributed by atoms with Crippen LogP contribution in [0.5, 0.6) is 0 Å². The summed E-state index contributed by atoms with van der Waals surface area (Å²) in [6.07, 6.45) is 7.24. The topological polar surface area (TPSA) is 57.8 Å². The Balaban J connectivity index is 1.65. The van der Waals surface area contributed by atoms with Crippen LogP contribution in [-0.4, -0.2) is 16.5 Å². The number of nitrogens with zero attached hydrogens (tertiary/aromatic N) is 1. The van der Waals surface area contributed by atoms with Gasteiger partial charge in [0.2, 0.25) is 0 Å². The van der Waals surface area contributed by atoms with E-state index >= 15 is 0 Å². The van der Waals surface area contributed by atoms with Crippen LogP contribution in [0.2, 0.25) is 0 Å². The molecule has 112 valence electrons. The largest absolute Gasteiger partial charge is 0.310 e. The summed E-state index contributed by atoms with van der Waals surface area (Å²) in [6, 6.07) is 0. The molecule has 5 heteroatoms. The fourth-order valence-electron chi connectivity index (χ4n) is 2.80. The molecule has 0 aromatic carbocycles. The highest BCUT2D eigenvalue weighted by Crippen LogP contribution is 2.25. The second kappa shape index (κ2) is 6.12. The van der Waals surface area contributed by atoms with Gasteiger partial charge >= 0.3 is 0 Å². The van der Waals surface area contributed by atoms with Crippen molar-refractivity contribution >= 4 is 21.6 Å². The van der Waals surface area contributed by atoms with Crippen molar-refractivity contribution in [1.82, 2.24) is 15.3 Å². The van der Waals surface area contributed by atoms with E-state index < -0.39 is 0 Å². The van der Waals surface area contributed by atoms with Crippen LogP contribution in [0.25, 0.3) is 10.2 Å². The van der Waals surface area contributed by atoms with E-state index in [2.05, 4.69) is 21.4 Å². The van der Waals surface area contributed by atoms with Crippen LogP contribution < -0.4 is 10.9 Å². The molecule has 3 rings (SSSR count). The molecule has 0 aliphatic heterocycles. The number of H-pyrrole nitrogens is 1. The molecule has 0 spiro atoms. The first-order valence-corrected chi connectivity index (χ1v) is 8.34. The van der Waals surface area contributed by atoms with Gasteiger partial charge in [0.05, 0.1) is 11.9 Å². The molecule has 0 unspecified atom stereocenters. The van der Waals surface area contributed by atoms with Crippen LogP contribution in [0.3, 0.4) is 0 Å². The lowest BCUT2D eigenvalue weighted by atomic mass is 10.2. The van der Waals surface area contributed by atoms with Gasteiger partial charge in [-0.3, -0.25) is 4.79 Å². The number of allylic oxidation sites excluding steroid dienone is 1. The summed E-state index contributed by atoms with van der Waals surface area (Å²) in [5.74, 6) is 0.731. The van der Waals surface area contributed by atoms with Gasteiger partial charge in [-0.25, -0.2) is 4.98 Å². The maximum Gasteiger partial charge on any atom is 0.259 e. The van der Waals surface area contributed by atoms with E-state index in [0.717, 1.165) is 34.6 Å². The lowest BCUT2D eigenvalue weighted by Crippen LogP contribution is -2.20. The average molecular weight is 303 g/mol. The van der Waals surface area contributed by atoms with Crippen molar-refractivity contribution in [2.45, 2.75) is 46.1 Å². The van der Waals surface area contributed by atoms with Gasteiger partial charge in [-0.1, -0.05) is 11.6 Å². The van der Waals surface area contributed by atoms with Crippen molar-refractivity contribution in [3.8, 4) is 0 Å². The van der Waals surface area contributed by atoms with E-state index in [-0.39, 0.29) is 5.56 Å². The Morgan fingerprint density at radius 3 is 3.05 bits per heavy atom. The lowest BCUT2D eigenvalue weighted by molar-refractivity contribution is 0.652. The first-order valence-electron chi connectivity index (χ1n) is 7.52. The number of hydrogen-bond donors (Lipinski definition) is 2. The van der Waals surface area contributed by atoms with Gasteiger partial charge in [-0.15, -0.1) is 11.3 Å². The Morgan fingerprint density at radius 1 is 1.43 bits per heavy atom. The van der Waals surface area contributed by atoms with Crippen molar-refractivity contribution in [2.75, 3.05) is 6.54 Å². The zero-order valence-corrected chi connectivity index (χ0v) is 13.4. The normalized spacial score (nSPS) is 14.9. The number of aromatic amines is 1. The maximum absolute atomic E-state index is 12.1. The van der Waals surface area contributed by atoms with Gasteiger partial charge in [0.15, 0.2) is 0 Å². The van der Waals surface area contributed by atoms with Crippen LogP contribution in [0.15, 0.2) is 16.4 Å². The number of hydrogen-bond acceptors (Lipinski definition) is 4. The molecule has 2 aromatic heterocycles. The SMILES string of the molecule is Cc1sc2nc(CNCCC3=CCCC3)[nH]c(=O)c2c1C. The number of nitrogens with one attached hydrogen (secondary N) is 2. The first-order chi connectivity index (χ1) is 10.1. The summed E-state index contributed by atoms with van der Waals surface area (Å²) in [7, 11) is 0. The molecule has 2 aromatic rings. The molecule has 2 heterocycles. The molecule has 0 bridgehead atoms. The Hall–Kier alpha value is -1.46. The van der Waals surface area contributed by atoms with Gasteiger partial charge in [0.1, 0.15) is 10.7 Å². The zero-order valence-electron chi connectivity index (χ0n) is 12.6. The summed E-state index contributed by atoms with van der Waals surface area (Å²) in [5, 5.41) is 4.12. The van der Waals surface area contributed by atoms with Crippen molar-refractivity contribution in [3.63, 3.8) is 0 Å². The van der Waals surface area contributed by atoms with Crippen molar-refractivity contribution < 1.29 is 0 Å². The van der Waals surface area contributed by atoms with E-state index in [1.54, 1.807) is 16.9 Å². The molecule has 0 amide bonds. The molecule has 0 radical (unpaired) electrons. The molecule has 0 fully saturated rings. The minimum Gasteiger partial charge on any atom is -0.310 e. The summed E-state index contributed by atoms with van der Waals surface area (Å²) in [6.45, 7) is 5.58. The van der Waals surface area contributed by atoms with Crippen LogP contribution in [0.4, 0.5) is 0 Å². The smallest absolute Gasteiger partial charge is 0.259 e. The van der Waals surface area contributed by atoms with E-state index in [4.69, 9.17) is 0 Å². The zero-order chi connectivity index (χ0) is 14.8. The van der Waals surface area contributed by atoms with Crippen LogP contribution in [0.1, 0.15) is 41.9 Å². The van der Waals surface area contributed by atoms with Crippen molar-refractivity contribution in [3.05, 3.63) is 38.3 Å². The fraction of sp³-hybridized carbons (Fsp3) is 0.500. The number of fused-ring (bicyclic) bond motifs is 1. The van der Waals surface area contributed by atoms with Gasteiger partial charge in [0, 0.05) is 4.88 Å². The summed E-state index contributed by atoms with van der Waals surface area (Å²) < 4.78 is 0. The molecule has 0 saturated heterocycles. The predicted molar refractivity (Wildman–Crippen MR) is 88.0 cm³/mol. The van der Waals surface area contributed by atoms with E-state index in [1.165, 1.54) is 24.1 Å². The third kappa shape index (κ3) is 3.09.